The van der Waals surface area contributed by atoms with Gasteiger partial charge in [-0.15, -0.1) is 0 Å². The molecule has 1 amide bonds. The summed E-state index contributed by atoms with van der Waals surface area (Å²) in [4.78, 5) is 45.3. The highest BCUT2D eigenvalue weighted by Gasteiger charge is 2.48. The number of hydrogen-bond donors (Lipinski definition) is 2. The lowest BCUT2D eigenvalue weighted by Crippen LogP contribution is -2.29. The van der Waals surface area contributed by atoms with Crippen LogP contribution in [-0.4, -0.2) is 52.7 Å². The van der Waals surface area contributed by atoms with Crippen molar-refractivity contribution in [2.24, 2.45) is 0 Å². The van der Waals surface area contributed by atoms with Gasteiger partial charge in [-0.1, -0.05) is 30.7 Å². The van der Waals surface area contributed by atoms with Crippen LogP contribution in [0.25, 0.3) is 5.76 Å². The van der Waals surface area contributed by atoms with Gasteiger partial charge in [0.05, 0.1) is 37.1 Å². The maximum Gasteiger partial charge on any atom is 0.350 e. The molecule has 1 saturated heterocycles. The van der Waals surface area contributed by atoms with Crippen molar-refractivity contribution in [1.82, 2.24) is 4.98 Å². The van der Waals surface area contributed by atoms with Crippen molar-refractivity contribution in [2.45, 2.75) is 46.6 Å². The summed E-state index contributed by atoms with van der Waals surface area (Å²) in [7, 11) is 0. The fourth-order valence-corrected chi connectivity index (χ4v) is 5.37. The Labute approximate surface area is 241 Å². The maximum absolute atomic E-state index is 13.5. The highest BCUT2D eigenvalue weighted by molar-refractivity contribution is 7.17. The van der Waals surface area contributed by atoms with Crippen LogP contribution in [0.5, 0.6) is 17.2 Å². The van der Waals surface area contributed by atoms with E-state index in [9.17, 15) is 24.6 Å². The lowest BCUT2D eigenvalue weighted by atomic mass is 9.95. The van der Waals surface area contributed by atoms with Crippen LogP contribution in [0.3, 0.4) is 0 Å². The van der Waals surface area contributed by atoms with Gasteiger partial charge >= 0.3 is 11.9 Å². The van der Waals surface area contributed by atoms with E-state index in [-0.39, 0.29) is 46.1 Å². The Morgan fingerprint density at radius 1 is 1.05 bits per heavy atom. The number of rotatable bonds is 11. The van der Waals surface area contributed by atoms with E-state index in [1.165, 1.54) is 18.2 Å². The molecule has 1 aromatic heterocycles. The quantitative estimate of drug-likeness (QED) is 0.0985. The summed E-state index contributed by atoms with van der Waals surface area (Å²) >= 11 is 0.913. The number of ketones is 1. The number of aryl methyl sites for hydroxylation is 1. The van der Waals surface area contributed by atoms with E-state index in [2.05, 4.69) is 11.9 Å². The maximum atomic E-state index is 13.5. The first-order valence-corrected chi connectivity index (χ1v) is 14.2. The third kappa shape index (κ3) is 6.04. The van der Waals surface area contributed by atoms with Crippen LogP contribution in [0.15, 0.2) is 48.0 Å². The number of ether oxygens (including phenoxy) is 3. The second-order valence-electron chi connectivity index (χ2n) is 9.19. The van der Waals surface area contributed by atoms with E-state index in [1.807, 2.05) is 0 Å². The fraction of sp³-hybridized carbons (Fsp3) is 0.333. The van der Waals surface area contributed by atoms with Crippen LogP contribution in [0.4, 0.5) is 5.13 Å². The zero-order valence-corrected chi connectivity index (χ0v) is 24.1. The lowest BCUT2D eigenvalue weighted by Gasteiger charge is -2.23. The molecule has 0 spiro atoms. The molecule has 0 aliphatic carbocycles. The van der Waals surface area contributed by atoms with Gasteiger partial charge in [0.15, 0.2) is 16.6 Å². The average molecular weight is 581 g/mol. The summed E-state index contributed by atoms with van der Waals surface area (Å²) in [6.07, 6.45) is 1.89. The number of benzene rings is 2. The number of phenols is 1. The molecule has 41 heavy (non-hydrogen) atoms. The number of aliphatic hydroxyl groups excluding tert-OH is 1. The van der Waals surface area contributed by atoms with E-state index in [0.29, 0.717) is 29.2 Å². The molecule has 0 bridgehead atoms. The molecule has 0 unspecified atom stereocenters. The average Bonchev–Trinajstić information content (AvgIpc) is 3.46. The summed E-state index contributed by atoms with van der Waals surface area (Å²) in [5, 5.41) is 21.8. The molecule has 1 aliphatic rings. The van der Waals surface area contributed by atoms with Crippen molar-refractivity contribution in [2.75, 3.05) is 24.7 Å². The van der Waals surface area contributed by atoms with Crippen LogP contribution in [0, 0.1) is 6.92 Å². The summed E-state index contributed by atoms with van der Waals surface area (Å²) in [6, 6.07) is 9.87. The van der Waals surface area contributed by atoms with Crippen molar-refractivity contribution < 1.29 is 38.8 Å². The number of unbranched alkanes of at least 4 members (excludes halogenated alkanes) is 1. The number of carbonyl (C=O) groups is 3. The zero-order valence-electron chi connectivity index (χ0n) is 23.3. The number of esters is 1. The largest absolute Gasteiger partial charge is 0.507 e. The van der Waals surface area contributed by atoms with Crippen LogP contribution < -0.4 is 14.4 Å². The van der Waals surface area contributed by atoms with Gasteiger partial charge in [-0.05, 0) is 69.2 Å². The predicted octanol–water partition coefficient (Wildman–Crippen LogP) is 5.54. The van der Waals surface area contributed by atoms with Crippen molar-refractivity contribution >= 4 is 39.9 Å². The molecule has 3 aromatic rings. The molecule has 11 heteroatoms. The fourth-order valence-electron chi connectivity index (χ4n) is 4.39. The van der Waals surface area contributed by atoms with Gasteiger partial charge in [-0.25, -0.2) is 9.78 Å². The number of carbonyl (C=O) groups excluding carboxylic acids is 3. The Hall–Kier alpha value is -4.38. The molecule has 4 rings (SSSR count). The van der Waals surface area contributed by atoms with Gasteiger partial charge in [0.2, 0.25) is 0 Å². The van der Waals surface area contributed by atoms with Gasteiger partial charge in [-0.3, -0.25) is 14.5 Å². The normalized spacial score (nSPS) is 16.2. The van der Waals surface area contributed by atoms with Crippen LogP contribution in [0.1, 0.15) is 66.1 Å². The number of aromatic nitrogens is 1. The number of aromatic hydroxyl groups is 1. The van der Waals surface area contributed by atoms with Gasteiger partial charge in [-0.2, -0.15) is 0 Å². The first kappa shape index (κ1) is 29.6. The lowest BCUT2D eigenvalue weighted by molar-refractivity contribution is -0.132. The zero-order chi connectivity index (χ0) is 29.7. The number of thiazole rings is 1. The van der Waals surface area contributed by atoms with Gasteiger partial charge in [0.25, 0.3) is 5.78 Å². The van der Waals surface area contributed by atoms with Crippen molar-refractivity contribution in [3.05, 3.63) is 69.7 Å². The number of amides is 1. The number of hydrogen-bond acceptors (Lipinski definition) is 10. The molecule has 0 saturated carbocycles. The number of nitrogens with zero attached hydrogens (tertiary/aromatic N) is 2. The van der Waals surface area contributed by atoms with E-state index in [1.54, 1.807) is 45.0 Å². The van der Waals surface area contributed by atoms with Crippen molar-refractivity contribution in [3.8, 4) is 17.2 Å². The van der Waals surface area contributed by atoms with E-state index < -0.39 is 23.7 Å². The van der Waals surface area contributed by atoms with Crippen molar-refractivity contribution in [3.63, 3.8) is 0 Å². The number of anilines is 1. The number of phenolic OH excluding ortho intramolecular Hbond substituents is 1. The Bertz CT molecular complexity index is 1480. The molecule has 216 valence electrons. The Morgan fingerprint density at radius 3 is 2.44 bits per heavy atom. The summed E-state index contributed by atoms with van der Waals surface area (Å²) in [5.74, 6) is -2.20. The minimum absolute atomic E-state index is 0.0856. The van der Waals surface area contributed by atoms with E-state index in [0.717, 1.165) is 29.1 Å². The highest BCUT2D eigenvalue weighted by Crippen LogP contribution is 2.45. The van der Waals surface area contributed by atoms with E-state index in [4.69, 9.17) is 14.2 Å². The second-order valence-corrected chi connectivity index (χ2v) is 10.2. The SMILES string of the molecule is CCCCOc1ccc(C(O)=C2C(=O)C(=O)N(c3nc(C)c(C(=O)OCC)s3)[C@@H]2c2ccc(O)c(OCC)c2)cc1. The monoisotopic (exact) mass is 580 g/mol. The topological polar surface area (TPSA) is 135 Å². The summed E-state index contributed by atoms with van der Waals surface area (Å²) in [5.41, 5.74) is 0.857. The Balaban J connectivity index is 1.85. The third-order valence-electron chi connectivity index (χ3n) is 6.39. The van der Waals surface area contributed by atoms with Crippen LogP contribution >= 0.6 is 11.3 Å². The first-order chi connectivity index (χ1) is 19.7. The van der Waals surface area contributed by atoms with Gasteiger partial charge < -0.3 is 24.4 Å². The van der Waals surface area contributed by atoms with Crippen LogP contribution in [-0.2, 0) is 14.3 Å². The molecule has 2 aromatic carbocycles. The summed E-state index contributed by atoms with van der Waals surface area (Å²) in [6.45, 7) is 8.07. The molecular formula is C30H32N2O8S. The summed E-state index contributed by atoms with van der Waals surface area (Å²) < 4.78 is 16.4. The molecular weight excluding hydrogens is 548 g/mol. The molecule has 2 N–H and O–H groups in total. The number of aliphatic hydroxyl groups is 1. The van der Waals surface area contributed by atoms with Crippen molar-refractivity contribution in [1.29, 1.82) is 0 Å². The molecule has 1 aliphatic heterocycles. The molecule has 2 heterocycles. The minimum Gasteiger partial charge on any atom is -0.507 e. The Morgan fingerprint density at radius 2 is 1.78 bits per heavy atom. The standard InChI is InChI=1S/C30H32N2O8S/c1-5-8-15-40-20-12-9-18(10-13-20)25(34)23-24(19-11-14-21(33)22(16-19)38-6-2)32(28(36)26(23)35)30-31-17(4)27(41-30)29(37)39-7-3/h9-14,16,24,33-34H,5-8,15H2,1-4H3/t24-/m1/s1. The minimum atomic E-state index is -1.13. The smallest absolute Gasteiger partial charge is 0.350 e. The molecule has 1 fully saturated rings. The molecule has 0 radical (unpaired) electrons. The first-order valence-electron chi connectivity index (χ1n) is 13.4. The third-order valence-corrected chi connectivity index (χ3v) is 7.53. The number of Topliss-reactive ketones (excluding diaryl/α,β-unsaturated/α-hetero) is 1. The van der Waals surface area contributed by atoms with Gasteiger partial charge in [0.1, 0.15) is 16.4 Å². The molecule has 1 atom stereocenters. The van der Waals surface area contributed by atoms with Gasteiger partial charge in [0, 0.05) is 5.56 Å². The molecule has 10 nitrogen and oxygen atoms in total. The van der Waals surface area contributed by atoms with Crippen LogP contribution in [0.2, 0.25) is 0 Å². The predicted molar refractivity (Wildman–Crippen MR) is 154 cm³/mol. The highest BCUT2D eigenvalue weighted by atomic mass is 32.1. The Kier molecular flexibility index (Phi) is 9.28. The second kappa shape index (κ2) is 12.9. The van der Waals surface area contributed by atoms with E-state index >= 15 is 0 Å².